The second-order valence-corrected chi connectivity index (χ2v) is 4.04. The highest BCUT2D eigenvalue weighted by atomic mass is 16.5. The van der Waals surface area contributed by atoms with E-state index in [1.54, 1.807) is 7.11 Å². The highest BCUT2D eigenvalue weighted by Crippen LogP contribution is 2.15. The molecule has 0 saturated heterocycles. The van der Waals surface area contributed by atoms with Crippen molar-refractivity contribution in [3.05, 3.63) is 28.8 Å². The Bertz CT molecular complexity index is 667. The van der Waals surface area contributed by atoms with Gasteiger partial charge in [0, 0.05) is 28.9 Å². The van der Waals surface area contributed by atoms with Crippen LogP contribution in [0.1, 0.15) is 6.92 Å². The Morgan fingerprint density at radius 1 is 1.31 bits per heavy atom. The number of methoxy groups -OCH3 is 1. The highest BCUT2D eigenvalue weighted by molar-refractivity contribution is 5.83. The molecule has 16 heavy (non-hydrogen) atoms. The van der Waals surface area contributed by atoms with E-state index in [0.29, 0.717) is 0 Å². The van der Waals surface area contributed by atoms with E-state index in [1.165, 1.54) is 21.7 Å². The average Bonchev–Trinajstić information content (AvgIpc) is 2.68. The topological polar surface area (TPSA) is 37.0 Å². The number of hydrogen-bond donors (Lipinski definition) is 2. The van der Waals surface area contributed by atoms with Gasteiger partial charge in [-0.3, -0.25) is 0 Å². The minimum absolute atomic E-state index is 0.886. The zero-order valence-corrected chi connectivity index (χ0v) is 9.42. The second-order valence-electron chi connectivity index (χ2n) is 4.04. The van der Waals surface area contributed by atoms with Crippen LogP contribution >= 0.6 is 0 Å². The van der Waals surface area contributed by atoms with Crippen molar-refractivity contribution in [2.45, 2.75) is 6.92 Å². The SMILES string of the molecule is COc1ccc2c3c([nH]c2c1)=C(C)NCC=3. The van der Waals surface area contributed by atoms with Crippen LogP contribution in [-0.4, -0.2) is 18.6 Å². The molecular weight excluding hydrogens is 200 g/mol. The summed E-state index contributed by atoms with van der Waals surface area (Å²) in [6, 6.07) is 6.15. The number of hydrogen-bond acceptors (Lipinski definition) is 2. The van der Waals surface area contributed by atoms with Crippen LogP contribution in [0.4, 0.5) is 0 Å². The van der Waals surface area contributed by atoms with Crippen LogP contribution in [0.3, 0.4) is 0 Å². The monoisotopic (exact) mass is 214 g/mol. The third-order valence-electron chi connectivity index (χ3n) is 3.09. The van der Waals surface area contributed by atoms with Gasteiger partial charge in [0.1, 0.15) is 5.75 Å². The third kappa shape index (κ3) is 1.21. The van der Waals surface area contributed by atoms with Crippen LogP contribution in [0.25, 0.3) is 22.7 Å². The van der Waals surface area contributed by atoms with Gasteiger partial charge in [0.15, 0.2) is 0 Å². The number of ether oxygens (including phenoxy) is 1. The smallest absolute Gasteiger partial charge is 0.120 e. The first-order valence-electron chi connectivity index (χ1n) is 5.40. The van der Waals surface area contributed by atoms with E-state index < -0.39 is 0 Å². The highest BCUT2D eigenvalue weighted by Gasteiger charge is 2.06. The molecule has 0 amide bonds. The molecule has 0 fully saturated rings. The van der Waals surface area contributed by atoms with Crippen LogP contribution in [0, 0.1) is 0 Å². The lowest BCUT2D eigenvalue weighted by Gasteiger charge is -2.05. The van der Waals surface area contributed by atoms with Crippen molar-refractivity contribution in [1.82, 2.24) is 10.3 Å². The van der Waals surface area contributed by atoms with Crippen molar-refractivity contribution in [2.24, 2.45) is 0 Å². The normalized spacial score (nSPS) is 14.2. The molecule has 0 radical (unpaired) electrons. The molecule has 3 rings (SSSR count). The molecule has 0 spiro atoms. The molecule has 2 aromatic rings. The van der Waals surface area contributed by atoms with Crippen molar-refractivity contribution in [3.8, 4) is 5.75 Å². The maximum atomic E-state index is 5.23. The van der Waals surface area contributed by atoms with Crippen molar-refractivity contribution >= 4 is 22.7 Å². The van der Waals surface area contributed by atoms with Crippen LogP contribution in [-0.2, 0) is 0 Å². The van der Waals surface area contributed by atoms with Gasteiger partial charge in [-0.2, -0.15) is 0 Å². The summed E-state index contributed by atoms with van der Waals surface area (Å²) in [6.45, 7) is 3.00. The lowest BCUT2D eigenvalue weighted by Crippen LogP contribution is -2.35. The molecule has 0 atom stereocenters. The molecule has 3 heteroatoms. The number of rotatable bonds is 1. The summed E-state index contributed by atoms with van der Waals surface area (Å²) >= 11 is 0. The molecule has 0 aliphatic carbocycles. The maximum absolute atomic E-state index is 5.23. The van der Waals surface area contributed by atoms with Gasteiger partial charge in [-0.1, -0.05) is 6.08 Å². The fourth-order valence-electron chi connectivity index (χ4n) is 2.23. The number of benzene rings is 1. The molecule has 1 aromatic heterocycles. The van der Waals surface area contributed by atoms with E-state index in [9.17, 15) is 0 Å². The molecule has 0 bridgehead atoms. The average molecular weight is 214 g/mol. The van der Waals surface area contributed by atoms with Crippen LogP contribution < -0.4 is 20.6 Å². The lowest BCUT2D eigenvalue weighted by molar-refractivity contribution is 0.415. The van der Waals surface area contributed by atoms with Gasteiger partial charge in [0.25, 0.3) is 0 Å². The van der Waals surface area contributed by atoms with Crippen molar-refractivity contribution in [2.75, 3.05) is 13.7 Å². The van der Waals surface area contributed by atoms with Gasteiger partial charge in [-0.05, 0) is 19.1 Å². The molecule has 3 nitrogen and oxygen atoms in total. The summed E-state index contributed by atoms with van der Waals surface area (Å²) in [4.78, 5) is 3.43. The number of aromatic nitrogens is 1. The number of aromatic amines is 1. The summed E-state index contributed by atoms with van der Waals surface area (Å²) in [5, 5.41) is 7.08. The first-order valence-corrected chi connectivity index (χ1v) is 5.40. The predicted molar refractivity (Wildman–Crippen MR) is 65.7 cm³/mol. The second kappa shape index (κ2) is 3.30. The first-order chi connectivity index (χ1) is 7.79. The van der Waals surface area contributed by atoms with E-state index >= 15 is 0 Å². The molecule has 0 unspecified atom stereocenters. The van der Waals surface area contributed by atoms with E-state index in [-0.39, 0.29) is 0 Å². The van der Waals surface area contributed by atoms with Crippen molar-refractivity contribution in [1.29, 1.82) is 0 Å². The predicted octanol–water partition coefficient (Wildman–Crippen LogP) is 0.688. The van der Waals surface area contributed by atoms with Gasteiger partial charge in [-0.25, -0.2) is 0 Å². The Labute approximate surface area is 93.4 Å². The third-order valence-corrected chi connectivity index (χ3v) is 3.09. The van der Waals surface area contributed by atoms with E-state index in [4.69, 9.17) is 4.74 Å². The Morgan fingerprint density at radius 3 is 3.00 bits per heavy atom. The van der Waals surface area contributed by atoms with E-state index in [1.807, 2.05) is 12.1 Å². The quantitative estimate of drug-likeness (QED) is 0.733. The van der Waals surface area contributed by atoms with E-state index in [0.717, 1.165) is 17.8 Å². The fourth-order valence-corrected chi connectivity index (χ4v) is 2.23. The zero-order chi connectivity index (χ0) is 11.1. The Balaban J connectivity index is 2.46. The van der Waals surface area contributed by atoms with Crippen LogP contribution in [0.15, 0.2) is 18.2 Å². The molecule has 2 N–H and O–H groups in total. The minimum Gasteiger partial charge on any atom is -0.497 e. The molecule has 0 saturated carbocycles. The zero-order valence-electron chi connectivity index (χ0n) is 9.42. The maximum Gasteiger partial charge on any atom is 0.120 e. The summed E-state index contributed by atoms with van der Waals surface area (Å²) < 4.78 is 5.23. The van der Waals surface area contributed by atoms with Gasteiger partial charge >= 0.3 is 0 Å². The molecular formula is C13H14N2O. The molecule has 1 aliphatic heterocycles. The van der Waals surface area contributed by atoms with Gasteiger partial charge in [0.2, 0.25) is 0 Å². The Morgan fingerprint density at radius 2 is 2.19 bits per heavy atom. The molecule has 1 aliphatic rings. The van der Waals surface area contributed by atoms with Gasteiger partial charge < -0.3 is 15.0 Å². The summed E-state index contributed by atoms with van der Waals surface area (Å²) in [7, 11) is 1.69. The van der Waals surface area contributed by atoms with Crippen LogP contribution in [0.2, 0.25) is 0 Å². The Kier molecular flexibility index (Phi) is 1.93. The number of H-pyrrole nitrogens is 1. The number of fused-ring (bicyclic) bond motifs is 3. The summed E-state index contributed by atoms with van der Waals surface area (Å²) in [5.74, 6) is 0.886. The standard InChI is InChI=1S/C13H14N2O/c1-8-13-11(5-6-14-8)10-4-3-9(16-2)7-12(10)15-13/h3-5,7,14-15H,6H2,1-2H3. The van der Waals surface area contributed by atoms with E-state index in [2.05, 4.69) is 29.4 Å². The Hall–Kier alpha value is -1.90. The van der Waals surface area contributed by atoms with Crippen molar-refractivity contribution < 1.29 is 4.74 Å². The minimum atomic E-state index is 0.886. The molecule has 2 heterocycles. The largest absolute Gasteiger partial charge is 0.497 e. The molecule has 1 aromatic carbocycles. The summed E-state index contributed by atoms with van der Waals surface area (Å²) in [5.41, 5.74) is 2.33. The number of nitrogens with one attached hydrogen (secondary N) is 2. The van der Waals surface area contributed by atoms with Gasteiger partial charge in [-0.15, -0.1) is 0 Å². The van der Waals surface area contributed by atoms with Gasteiger partial charge in [0.05, 0.1) is 18.0 Å². The fraction of sp³-hybridized carbons (Fsp3) is 0.231. The lowest BCUT2D eigenvalue weighted by atomic mass is 10.2. The first kappa shape index (κ1) is 9.33. The van der Waals surface area contributed by atoms with Crippen LogP contribution in [0.5, 0.6) is 5.75 Å². The molecule has 82 valence electrons. The summed E-state index contributed by atoms with van der Waals surface area (Å²) in [6.07, 6.45) is 2.22. The van der Waals surface area contributed by atoms with Crippen molar-refractivity contribution in [3.63, 3.8) is 0 Å².